The van der Waals surface area contributed by atoms with Crippen molar-refractivity contribution in [2.45, 2.75) is 11.5 Å². The molecule has 4 rings (SSSR count). The van der Waals surface area contributed by atoms with Gasteiger partial charge in [0.15, 0.2) is 0 Å². The van der Waals surface area contributed by atoms with E-state index in [-0.39, 0.29) is 17.1 Å². The Hall–Kier alpha value is -3.91. The Labute approximate surface area is 186 Å². The van der Waals surface area contributed by atoms with Crippen molar-refractivity contribution < 1.29 is 17.9 Å². The first-order valence-electron chi connectivity index (χ1n) is 9.86. The molecule has 0 N–H and O–H groups in total. The zero-order chi connectivity index (χ0) is 22.6. The van der Waals surface area contributed by atoms with Gasteiger partial charge >= 0.3 is 5.97 Å². The molecule has 0 fully saturated rings. The van der Waals surface area contributed by atoms with E-state index >= 15 is 0 Å². The Morgan fingerprint density at radius 1 is 0.906 bits per heavy atom. The molecule has 8 heteroatoms. The largest absolute Gasteiger partial charge is 0.456 e. The van der Waals surface area contributed by atoms with Crippen LogP contribution in [-0.2, 0) is 21.4 Å². The summed E-state index contributed by atoms with van der Waals surface area (Å²) in [6, 6.07) is 25.8. The van der Waals surface area contributed by atoms with E-state index in [0.717, 1.165) is 5.69 Å². The van der Waals surface area contributed by atoms with E-state index < -0.39 is 16.0 Å². The number of ether oxygens (including phenoxy) is 1. The van der Waals surface area contributed by atoms with Crippen LogP contribution < -0.4 is 4.31 Å². The number of sulfonamides is 1. The molecule has 0 saturated heterocycles. The third-order valence-corrected chi connectivity index (χ3v) is 6.68. The van der Waals surface area contributed by atoms with E-state index in [1.807, 2.05) is 36.4 Å². The number of hydrogen-bond acceptors (Lipinski definition) is 5. The lowest BCUT2D eigenvalue weighted by Gasteiger charge is -2.19. The third-order valence-electron chi connectivity index (χ3n) is 4.88. The van der Waals surface area contributed by atoms with Crippen molar-refractivity contribution >= 4 is 21.7 Å². The van der Waals surface area contributed by atoms with E-state index in [1.54, 1.807) is 41.2 Å². The van der Waals surface area contributed by atoms with Gasteiger partial charge in [-0.05, 0) is 54.6 Å². The molecule has 0 aliphatic rings. The van der Waals surface area contributed by atoms with Gasteiger partial charge in [0, 0.05) is 13.2 Å². The van der Waals surface area contributed by atoms with Gasteiger partial charge in [0.1, 0.15) is 12.3 Å². The number of nitrogens with zero attached hydrogens (tertiary/aromatic N) is 3. The van der Waals surface area contributed by atoms with Crippen molar-refractivity contribution in [3.8, 4) is 5.69 Å². The molecule has 0 spiro atoms. The monoisotopic (exact) mass is 447 g/mol. The van der Waals surface area contributed by atoms with Crippen LogP contribution in [0.25, 0.3) is 5.69 Å². The van der Waals surface area contributed by atoms with Crippen LogP contribution in [0.1, 0.15) is 16.1 Å². The molecule has 0 bridgehead atoms. The number of benzene rings is 3. The first kappa shape index (κ1) is 21.3. The van der Waals surface area contributed by atoms with Crippen LogP contribution in [0, 0.1) is 0 Å². The Bertz CT molecular complexity index is 1300. The summed E-state index contributed by atoms with van der Waals surface area (Å²) < 4.78 is 33.9. The third kappa shape index (κ3) is 4.55. The van der Waals surface area contributed by atoms with Gasteiger partial charge < -0.3 is 4.74 Å². The minimum atomic E-state index is -3.74. The molecule has 1 aromatic heterocycles. The second kappa shape index (κ2) is 9.07. The fourth-order valence-corrected chi connectivity index (χ4v) is 4.28. The molecule has 0 saturated carbocycles. The number of carbonyl (C=O) groups is 1. The number of rotatable bonds is 7. The normalized spacial score (nSPS) is 11.2. The van der Waals surface area contributed by atoms with Crippen LogP contribution in [0.4, 0.5) is 5.69 Å². The second-order valence-corrected chi connectivity index (χ2v) is 8.97. The smallest absolute Gasteiger partial charge is 0.338 e. The maximum absolute atomic E-state index is 12.8. The predicted octanol–water partition coefficient (Wildman–Crippen LogP) is 4.05. The average Bonchev–Trinajstić information content (AvgIpc) is 3.32. The lowest BCUT2D eigenvalue weighted by molar-refractivity contribution is 0.0467. The molecule has 0 aliphatic heterocycles. The Balaban J connectivity index is 1.41. The van der Waals surface area contributed by atoms with Gasteiger partial charge in [-0.2, -0.15) is 5.10 Å². The summed E-state index contributed by atoms with van der Waals surface area (Å²) in [4.78, 5) is 12.5. The molecule has 32 heavy (non-hydrogen) atoms. The van der Waals surface area contributed by atoms with Crippen molar-refractivity contribution in [1.29, 1.82) is 0 Å². The van der Waals surface area contributed by atoms with Gasteiger partial charge in [-0.1, -0.05) is 36.4 Å². The van der Waals surface area contributed by atoms with E-state index in [1.165, 1.54) is 35.6 Å². The standard InChI is InChI=1S/C24H21N3O4S/c1-26(21-8-4-2-5-9-21)32(29,30)23-14-12-19(13-15-23)24(28)31-18-20-16-17-27(25-20)22-10-6-3-7-11-22/h2-17H,18H2,1H3. The van der Waals surface area contributed by atoms with Gasteiger partial charge in [-0.3, -0.25) is 4.31 Å². The lowest BCUT2D eigenvalue weighted by atomic mass is 10.2. The summed E-state index contributed by atoms with van der Waals surface area (Å²) in [6.07, 6.45) is 1.79. The maximum Gasteiger partial charge on any atom is 0.338 e. The van der Waals surface area contributed by atoms with Crippen LogP contribution in [0.2, 0.25) is 0 Å². The van der Waals surface area contributed by atoms with E-state index in [4.69, 9.17) is 4.74 Å². The highest BCUT2D eigenvalue weighted by Gasteiger charge is 2.21. The average molecular weight is 448 g/mol. The number of esters is 1. The molecule has 0 atom stereocenters. The minimum absolute atomic E-state index is 0.00939. The minimum Gasteiger partial charge on any atom is -0.456 e. The number of carbonyl (C=O) groups excluding carboxylic acids is 1. The summed E-state index contributed by atoms with van der Waals surface area (Å²) in [5.41, 5.74) is 2.31. The molecule has 0 aliphatic carbocycles. The Morgan fingerprint density at radius 2 is 1.53 bits per heavy atom. The molecule has 3 aromatic carbocycles. The lowest BCUT2D eigenvalue weighted by Crippen LogP contribution is -2.26. The molecule has 0 radical (unpaired) electrons. The number of para-hydroxylation sites is 2. The Kier molecular flexibility index (Phi) is 6.04. The van der Waals surface area contributed by atoms with Crippen LogP contribution >= 0.6 is 0 Å². The highest BCUT2D eigenvalue weighted by Crippen LogP contribution is 2.22. The highest BCUT2D eigenvalue weighted by molar-refractivity contribution is 7.92. The summed E-state index contributed by atoms with van der Waals surface area (Å²) in [5, 5.41) is 4.40. The van der Waals surface area contributed by atoms with Gasteiger partial charge in [-0.25, -0.2) is 17.9 Å². The van der Waals surface area contributed by atoms with Gasteiger partial charge in [0.2, 0.25) is 0 Å². The fraction of sp³-hybridized carbons (Fsp3) is 0.0833. The van der Waals surface area contributed by atoms with Crippen LogP contribution in [0.5, 0.6) is 0 Å². The quantitative estimate of drug-likeness (QED) is 0.399. The maximum atomic E-state index is 12.8. The number of anilines is 1. The molecule has 162 valence electrons. The van der Waals surface area contributed by atoms with Crippen LogP contribution in [0.15, 0.2) is 102 Å². The zero-order valence-corrected chi connectivity index (χ0v) is 18.1. The molecule has 0 unspecified atom stereocenters. The van der Waals surface area contributed by atoms with Crippen molar-refractivity contribution in [2.75, 3.05) is 11.4 Å². The molecule has 0 amide bonds. The van der Waals surface area contributed by atoms with Crippen molar-refractivity contribution in [3.63, 3.8) is 0 Å². The molecule has 1 heterocycles. The number of hydrogen-bond donors (Lipinski definition) is 0. The summed E-state index contributed by atoms with van der Waals surface area (Å²) in [5.74, 6) is -0.556. The molecular weight excluding hydrogens is 426 g/mol. The van der Waals surface area contributed by atoms with Gasteiger partial charge in [0.25, 0.3) is 10.0 Å². The predicted molar refractivity (Wildman–Crippen MR) is 121 cm³/mol. The van der Waals surface area contributed by atoms with Crippen LogP contribution in [0.3, 0.4) is 0 Å². The SMILES string of the molecule is CN(c1ccccc1)S(=O)(=O)c1ccc(C(=O)OCc2ccn(-c3ccccc3)n2)cc1. The molecular formula is C24H21N3O4S. The highest BCUT2D eigenvalue weighted by atomic mass is 32.2. The molecule has 4 aromatic rings. The van der Waals surface area contributed by atoms with Crippen LogP contribution in [-0.4, -0.2) is 31.2 Å². The topological polar surface area (TPSA) is 81.5 Å². The summed E-state index contributed by atoms with van der Waals surface area (Å²) >= 11 is 0. The van der Waals surface area contributed by atoms with Crippen molar-refractivity contribution in [3.05, 3.63) is 108 Å². The number of aromatic nitrogens is 2. The van der Waals surface area contributed by atoms with Crippen molar-refractivity contribution in [1.82, 2.24) is 9.78 Å². The summed E-state index contributed by atoms with van der Waals surface area (Å²) in [6.45, 7) is 0.00939. The first-order valence-corrected chi connectivity index (χ1v) is 11.3. The van der Waals surface area contributed by atoms with Gasteiger partial charge in [-0.15, -0.1) is 0 Å². The fourth-order valence-electron chi connectivity index (χ4n) is 3.08. The van der Waals surface area contributed by atoms with E-state index in [9.17, 15) is 13.2 Å². The van der Waals surface area contributed by atoms with Crippen molar-refractivity contribution in [2.24, 2.45) is 0 Å². The Morgan fingerprint density at radius 3 is 2.19 bits per heavy atom. The molecule has 7 nitrogen and oxygen atoms in total. The first-order chi connectivity index (χ1) is 15.4. The second-order valence-electron chi connectivity index (χ2n) is 7.00. The van der Waals surface area contributed by atoms with E-state index in [2.05, 4.69) is 5.10 Å². The van der Waals surface area contributed by atoms with E-state index in [0.29, 0.717) is 11.4 Å². The zero-order valence-electron chi connectivity index (χ0n) is 17.3. The van der Waals surface area contributed by atoms with Gasteiger partial charge in [0.05, 0.1) is 21.8 Å². The summed E-state index contributed by atoms with van der Waals surface area (Å²) in [7, 11) is -2.26.